The Labute approximate surface area is 158 Å². The Balaban J connectivity index is 1.92. The molecule has 140 valence electrons. The molecule has 9 heteroatoms. The quantitative estimate of drug-likeness (QED) is 0.833. The summed E-state index contributed by atoms with van der Waals surface area (Å²) in [6.45, 7) is 3.32. The van der Waals surface area contributed by atoms with Crippen LogP contribution in [0.3, 0.4) is 0 Å². The fraction of sp³-hybridized carbons (Fsp3) is 0.333. The highest BCUT2D eigenvalue weighted by atomic mass is 35.5. The van der Waals surface area contributed by atoms with Gasteiger partial charge in [-0.05, 0) is 6.07 Å². The Morgan fingerprint density at radius 3 is 2.78 bits per heavy atom. The maximum Gasteiger partial charge on any atom is 0.231 e. The second-order valence-electron chi connectivity index (χ2n) is 6.55. The number of aromatic nitrogens is 2. The Kier molecular flexibility index (Phi) is 3.78. The molecule has 1 aromatic carbocycles. The number of aryl methyl sites for hydroxylation is 1. The zero-order valence-electron chi connectivity index (χ0n) is 14.7. The molecule has 1 aromatic heterocycles. The van der Waals surface area contributed by atoms with Crippen molar-refractivity contribution in [3.63, 3.8) is 0 Å². The zero-order chi connectivity index (χ0) is 19.5. The van der Waals surface area contributed by atoms with Crippen LogP contribution in [-0.4, -0.2) is 39.5 Å². The van der Waals surface area contributed by atoms with E-state index in [1.807, 2.05) is 0 Å². The Hall–Kier alpha value is -2.87. The first-order valence-electron chi connectivity index (χ1n) is 8.18. The number of rotatable bonds is 2. The lowest BCUT2D eigenvalue weighted by Crippen LogP contribution is -2.51. The van der Waals surface area contributed by atoms with Crippen LogP contribution in [0.15, 0.2) is 22.4 Å². The zero-order valence-corrected chi connectivity index (χ0v) is 15.5. The van der Waals surface area contributed by atoms with Crippen molar-refractivity contribution in [1.82, 2.24) is 10.1 Å². The number of halogens is 1. The number of carbonyl (C=O) groups is 2. The lowest BCUT2D eigenvalue weighted by Gasteiger charge is -2.36. The second kappa shape index (κ2) is 5.82. The van der Waals surface area contributed by atoms with Gasteiger partial charge in [0.05, 0.1) is 12.1 Å². The number of aromatic hydroxyl groups is 1. The number of fused-ring (bicyclic) bond motifs is 1. The second-order valence-corrected chi connectivity index (χ2v) is 6.93. The van der Waals surface area contributed by atoms with Crippen LogP contribution in [0, 0.1) is 12.8 Å². The Morgan fingerprint density at radius 2 is 2.15 bits per heavy atom. The minimum Gasteiger partial charge on any atom is -0.507 e. The first-order chi connectivity index (χ1) is 12.8. The van der Waals surface area contributed by atoms with Crippen LogP contribution >= 0.6 is 11.6 Å². The highest BCUT2D eigenvalue weighted by Crippen LogP contribution is 2.53. The van der Waals surface area contributed by atoms with Crippen LogP contribution in [0.25, 0.3) is 11.4 Å². The lowest BCUT2D eigenvalue weighted by atomic mass is 9.75. The number of phenolic OH excluding ortho intramolecular Hbond substituents is 1. The maximum atomic E-state index is 13.3. The van der Waals surface area contributed by atoms with Crippen LogP contribution in [0.5, 0.6) is 11.5 Å². The van der Waals surface area contributed by atoms with E-state index in [1.165, 1.54) is 19.3 Å². The summed E-state index contributed by atoms with van der Waals surface area (Å²) in [5.74, 6) is -0.968. The minimum atomic E-state index is -1.56. The smallest absolute Gasteiger partial charge is 0.231 e. The highest BCUT2D eigenvalue weighted by Gasteiger charge is 2.59. The van der Waals surface area contributed by atoms with Crippen molar-refractivity contribution in [2.75, 3.05) is 7.11 Å². The van der Waals surface area contributed by atoms with E-state index in [9.17, 15) is 14.7 Å². The molecule has 0 saturated carbocycles. The van der Waals surface area contributed by atoms with Gasteiger partial charge in [0.1, 0.15) is 11.3 Å². The van der Waals surface area contributed by atoms with Gasteiger partial charge in [0.25, 0.3) is 0 Å². The van der Waals surface area contributed by atoms with Crippen LogP contribution < -0.4 is 4.74 Å². The normalized spacial score (nSPS) is 24.0. The van der Waals surface area contributed by atoms with E-state index in [0.717, 1.165) is 0 Å². The summed E-state index contributed by atoms with van der Waals surface area (Å²) < 4.78 is 16.3. The Bertz CT molecular complexity index is 1030. The van der Waals surface area contributed by atoms with Gasteiger partial charge < -0.3 is 19.1 Å². The number of phenols is 1. The van der Waals surface area contributed by atoms with E-state index < -0.39 is 17.3 Å². The molecule has 0 radical (unpaired) electrons. The fourth-order valence-corrected chi connectivity index (χ4v) is 3.87. The van der Waals surface area contributed by atoms with Crippen molar-refractivity contribution < 1.29 is 28.7 Å². The number of ketones is 2. The Morgan fingerprint density at radius 1 is 1.41 bits per heavy atom. The van der Waals surface area contributed by atoms with Crippen molar-refractivity contribution in [3.8, 4) is 22.9 Å². The number of hydrogen-bond acceptors (Lipinski definition) is 8. The van der Waals surface area contributed by atoms with Gasteiger partial charge in [0, 0.05) is 30.9 Å². The molecule has 2 aromatic rings. The maximum absolute atomic E-state index is 13.3. The molecule has 8 nitrogen and oxygen atoms in total. The molecular weight excluding hydrogens is 376 g/mol. The number of methoxy groups -OCH3 is 1. The predicted molar refractivity (Wildman–Crippen MR) is 92.7 cm³/mol. The largest absolute Gasteiger partial charge is 0.507 e. The third-order valence-corrected chi connectivity index (χ3v) is 5.25. The van der Waals surface area contributed by atoms with Crippen molar-refractivity contribution in [3.05, 3.63) is 34.4 Å². The van der Waals surface area contributed by atoms with E-state index in [2.05, 4.69) is 10.1 Å². The van der Waals surface area contributed by atoms with E-state index in [-0.39, 0.29) is 51.4 Å². The molecule has 1 aliphatic carbocycles. The van der Waals surface area contributed by atoms with Crippen LogP contribution in [0.4, 0.5) is 0 Å². The molecular formula is C18H15ClN2O6. The summed E-state index contributed by atoms with van der Waals surface area (Å²) in [7, 11) is 1.35. The molecule has 27 heavy (non-hydrogen) atoms. The van der Waals surface area contributed by atoms with Gasteiger partial charge in [-0.1, -0.05) is 23.7 Å². The topological polar surface area (TPSA) is 112 Å². The van der Waals surface area contributed by atoms with Crippen LogP contribution in [-0.2, 0) is 9.53 Å². The molecule has 1 aliphatic heterocycles. The molecule has 0 saturated heterocycles. The van der Waals surface area contributed by atoms with Crippen molar-refractivity contribution >= 4 is 23.2 Å². The van der Waals surface area contributed by atoms with E-state index in [0.29, 0.717) is 5.89 Å². The van der Waals surface area contributed by atoms with Crippen LogP contribution in [0.1, 0.15) is 29.6 Å². The summed E-state index contributed by atoms with van der Waals surface area (Å²) in [6.07, 6.45) is 1.35. The fourth-order valence-electron chi connectivity index (χ4n) is 3.60. The average molecular weight is 391 g/mol. The number of benzene rings is 1. The first-order valence-corrected chi connectivity index (χ1v) is 8.56. The van der Waals surface area contributed by atoms with Crippen molar-refractivity contribution in [1.29, 1.82) is 0 Å². The number of carbonyl (C=O) groups excluding carboxylic acids is 2. The van der Waals surface area contributed by atoms with Gasteiger partial charge in [0.2, 0.25) is 23.1 Å². The molecule has 2 heterocycles. The predicted octanol–water partition coefficient (Wildman–Crippen LogP) is 2.86. The number of allylic oxidation sites excluding steroid dienone is 1. The van der Waals surface area contributed by atoms with E-state index >= 15 is 0 Å². The van der Waals surface area contributed by atoms with E-state index in [1.54, 1.807) is 13.8 Å². The minimum absolute atomic E-state index is 0.00303. The monoisotopic (exact) mass is 390 g/mol. The summed E-state index contributed by atoms with van der Waals surface area (Å²) in [6, 6.07) is 1.29. The molecule has 0 unspecified atom stereocenters. The summed E-state index contributed by atoms with van der Waals surface area (Å²) in [5, 5.41) is 14.4. The molecule has 2 atom stereocenters. The first kappa shape index (κ1) is 17.5. The molecule has 0 bridgehead atoms. The third kappa shape index (κ3) is 2.29. The average Bonchev–Trinajstić information content (AvgIpc) is 3.17. The van der Waals surface area contributed by atoms with E-state index in [4.69, 9.17) is 25.6 Å². The molecule has 1 spiro atoms. The standard InChI is InChI=1S/C18H15ClN2O6/c1-7-4-9(22)5-12(25-3)18(7)16(24)13-11(23)6-10(14(19)15(13)26-18)17-20-8(2)27-21-17/h5-7,23H,4H2,1-3H3/t7-,18+/m1/s1. The van der Waals surface area contributed by atoms with Gasteiger partial charge in [-0.25, -0.2) is 0 Å². The molecule has 1 N–H and O–H groups in total. The molecule has 0 fully saturated rings. The molecule has 4 rings (SSSR count). The number of hydrogen-bond donors (Lipinski definition) is 1. The lowest BCUT2D eigenvalue weighted by molar-refractivity contribution is -0.118. The van der Waals surface area contributed by atoms with Crippen LogP contribution in [0.2, 0.25) is 5.02 Å². The SMILES string of the molecule is COC1=CC(=O)C[C@@H](C)[C@]12Oc1c(Cl)c(-c3noc(C)n3)cc(O)c1C2=O. The summed E-state index contributed by atoms with van der Waals surface area (Å²) in [5.41, 5.74) is -1.36. The number of ether oxygens (including phenoxy) is 2. The van der Waals surface area contributed by atoms with Crippen molar-refractivity contribution in [2.24, 2.45) is 5.92 Å². The van der Waals surface area contributed by atoms with Gasteiger partial charge in [-0.15, -0.1) is 0 Å². The van der Waals surface area contributed by atoms with Crippen molar-refractivity contribution in [2.45, 2.75) is 25.9 Å². The van der Waals surface area contributed by atoms with Gasteiger partial charge in [-0.2, -0.15) is 4.98 Å². The van der Waals surface area contributed by atoms with Gasteiger partial charge in [0.15, 0.2) is 17.3 Å². The molecule has 0 amide bonds. The molecule has 2 aliphatic rings. The third-order valence-electron chi connectivity index (χ3n) is 4.88. The summed E-state index contributed by atoms with van der Waals surface area (Å²) in [4.78, 5) is 29.3. The number of nitrogens with zero attached hydrogens (tertiary/aromatic N) is 2. The van der Waals surface area contributed by atoms with Gasteiger partial charge in [-0.3, -0.25) is 9.59 Å². The highest BCUT2D eigenvalue weighted by molar-refractivity contribution is 6.36. The van der Waals surface area contributed by atoms with Gasteiger partial charge >= 0.3 is 0 Å². The number of Topliss-reactive ketones (excluding diaryl/α,β-unsaturated/α-hetero) is 1. The summed E-state index contributed by atoms with van der Waals surface area (Å²) >= 11 is 6.47.